The summed E-state index contributed by atoms with van der Waals surface area (Å²) in [6.07, 6.45) is 1.54. The number of nitro benzene ring substituents is 1. The van der Waals surface area contributed by atoms with Gasteiger partial charge < -0.3 is 19.5 Å². The molecular weight excluding hydrogens is 476 g/mol. The molecule has 4 rings (SSSR count). The molecule has 1 atom stereocenters. The number of amides is 2. The summed E-state index contributed by atoms with van der Waals surface area (Å²) in [5, 5.41) is 22.4. The van der Waals surface area contributed by atoms with Crippen LogP contribution in [0, 0.1) is 10.1 Å². The van der Waals surface area contributed by atoms with E-state index in [2.05, 4.69) is 15.5 Å². The van der Waals surface area contributed by atoms with Gasteiger partial charge in [-0.3, -0.25) is 19.7 Å². The predicted molar refractivity (Wildman–Crippen MR) is 125 cm³/mol. The zero-order valence-electron chi connectivity index (χ0n) is 18.7. The van der Waals surface area contributed by atoms with Crippen LogP contribution in [0.3, 0.4) is 0 Å². The molecule has 0 aliphatic carbocycles. The van der Waals surface area contributed by atoms with Crippen molar-refractivity contribution in [2.24, 2.45) is 7.05 Å². The first kappa shape index (κ1) is 23.9. The van der Waals surface area contributed by atoms with Crippen molar-refractivity contribution in [3.8, 4) is 0 Å². The smallest absolute Gasteiger partial charge is 0.338 e. The molecule has 1 aliphatic heterocycles. The lowest BCUT2D eigenvalue weighted by molar-refractivity contribution is -0.387. The maximum atomic E-state index is 13.0. The van der Waals surface area contributed by atoms with Gasteiger partial charge in [-0.05, 0) is 43.0 Å². The van der Waals surface area contributed by atoms with Crippen LogP contribution >= 0.6 is 11.8 Å². The number of fused-ring (bicyclic) bond motifs is 1. The number of nitrogens with one attached hydrogen (secondary N) is 1. The Kier molecular flexibility index (Phi) is 6.78. The summed E-state index contributed by atoms with van der Waals surface area (Å²) in [4.78, 5) is 50.4. The van der Waals surface area contributed by atoms with E-state index in [1.807, 2.05) is 0 Å². The normalized spacial score (nSPS) is 15.1. The average Bonchev–Trinajstić information content (AvgIpc) is 3.16. The van der Waals surface area contributed by atoms with Gasteiger partial charge in [0.1, 0.15) is 6.33 Å². The van der Waals surface area contributed by atoms with Crippen LogP contribution in [0.5, 0.6) is 0 Å². The summed E-state index contributed by atoms with van der Waals surface area (Å²) in [6.45, 7) is 1.12. The maximum Gasteiger partial charge on any atom is 0.338 e. The number of esters is 1. The zero-order valence-corrected chi connectivity index (χ0v) is 19.5. The van der Waals surface area contributed by atoms with E-state index in [9.17, 15) is 24.5 Å². The Morgan fingerprint density at radius 2 is 2.06 bits per heavy atom. The number of carbonyl (C=O) groups excluding carboxylic acids is 3. The van der Waals surface area contributed by atoms with E-state index >= 15 is 0 Å². The van der Waals surface area contributed by atoms with Crippen molar-refractivity contribution in [1.29, 1.82) is 0 Å². The lowest BCUT2D eigenvalue weighted by atomic mass is 10.1. The molecule has 12 nitrogen and oxygen atoms in total. The first-order valence-corrected chi connectivity index (χ1v) is 11.2. The van der Waals surface area contributed by atoms with Gasteiger partial charge in [0.15, 0.2) is 11.8 Å². The molecule has 0 bridgehead atoms. The summed E-state index contributed by atoms with van der Waals surface area (Å²) in [5.74, 6) is -1.65. The van der Waals surface area contributed by atoms with E-state index in [4.69, 9.17) is 4.74 Å². The van der Waals surface area contributed by atoms with E-state index in [1.54, 1.807) is 42.8 Å². The number of nitrogens with zero attached hydrogens (tertiary/aromatic N) is 5. The fourth-order valence-corrected chi connectivity index (χ4v) is 4.43. The third-order valence-electron chi connectivity index (χ3n) is 5.22. The fraction of sp³-hybridized carbons (Fsp3) is 0.227. The summed E-state index contributed by atoms with van der Waals surface area (Å²) in [5.41, 5.74) is 0.590. The van der Waals surface area contributed by atoms with Gasteiger partial charge in [0, 0.05) is 25.6 Å². The minimum Gasteiger partial charge on any atom is -0.452 e. The Morgan fingerprint density at radius 1 is 1.29 bits per heavy atom. The second-order valence-corrected chi connectivity index (χ2v) is 8.73. The molecule has 1 aliphatic rings. The minimum atomic E-state index is -0.887. The molecule has 2 heterocycles. The van der Waals surface area contributed by atoms with Crippen molar-refractivity contribution in [2.75, 3.05) is 16.8 Å². The van der Waals surface area contributed by atoms with E-state index in [1.165, 1.54) is 23.4 Å². The van der Waals surface area contributed by atoms with Crippen molar-refractivity contribution < 1.29 is 24.0 Å². The quantitative estimate of drug-likeness (QED) is 0.309. The molecule has 13 heteroatoms. The summed E-state index contributed by atoms with van der Waals surface area (Å²) >= 11 is 1.03. The molecular formula is C22H20N6O6S. The van der Waals surface area contributed by atoms with Crippen LogP contribution in [-0.2, 0) is 21.4 Å². The maximum absolute atomic E-state index is 13.0. The van der Waals surface area contributed by atoms with Crippen LogP contribution in [-0.4, -0.2) is 50.1 Å². The third kappa shape index (κ3) is 5.14. The number of ether oxygens (including phenoxy) is 1. The largest absolute Gasteiger partial charge is 0.452 e. The Hall–Kier alpha value is -4.26. The first-order valence-electron chi connectivity index (χ1n) is 10.4. The Bertz CT molecular complexity index is 1330. The summed E-state index contributed by atoms with van der Waals surface area (Å²) < 4.78 is 6.79. The number of benzene rings is 2. The number of rotatable bonds is 6. The van der Waals surface area contributed by atoms with Gasteiger partial charge in [-0.15, -0.1) is 10.2 Å². The SMILES string of the molecule is CC1CC(=O)Nc2ccccc2N1C(=O)COC(=O)c1ccc(Sc2nncn2C)c([N+](=O)[O-])c1. The number of aryl methyl sites for hydroxylation is 1. The number of anilines is 2. The summed E-state index contributed by atoms with van der Waals surface area (Å²) in [6, 6.07) is 10.3. The number of hydrogen-bond donors (Lipinski definition) is 1. The number of nitro groups is 1. The van der Waals surface area contributed by atoms with E-state index in [-0.39, 0.29) is 28.5 Å². The van der Waals surface area contributed by atoms with E-state index in [0.717, 1.165) is 17.8 Å². The van der Waals surface area contributed by atoms with Gasteiger partial charge >= 0.3 is 5.97 Å². The van der Waals surface area contributed by atoms with Crippen LogP contribution in [0.1, 0.15) is 23.7 Å². The van der Waals surface area contributed by atoms with E-state index < -0.39 is 29.4 Å². The molecule has 0 saturated carbocycles. The van der Waals surface area contributed by atoms with Crippen molar-refractivity contribution >= 4 is 46.6 Å². The van der Waals surface area contributed by atoms with Crippen molar-refractivity contribution in [1.82, 2.24) is 14.8 Å². The molecule has 180 valence electrons. The minimum absolute atomic E-state index is 0.0746. The molecule has 0 radical (unpaired) electrons. The molecule has 1 unspecified atom stereocenters. The highest BCUT2D eigenvalue weighted by Crippen LogP contribution is 2.34. The van der Waals surface area contributed by atoms with Crippen molar-refractivity contribution in [2.45, 2.75) is 29.4 Å². The van der Waals surface area contributed by atoms with Gasteiger partial charge in [0.25, 0.3) is 11.6 Å². The molecule has 3 aromatic rings. The van der Waals surface area contributed by atoms with Crippen LogP contribution in [0.2, 0.25) is 0 Å². The monoisotopic (exact) mass is 496 g/mol. The van der Waals surface area contributed by atoms with Crippen molar-refractivity contribution in [3.63, 3.8) is 0 Å². The lowest BCUT2D eigenvalue weighted by Gasteiger charge is -2.27. The standard InChI is InChI=1S/C22H20N6O6S/c1-13-9-19(29)24-15-5-3-4-6-16(15)27(13)20(30)11-34-21(31)14-7-8-18(17(10-14)28(32)33)35-22-25-23-12-26(22)2/h3-8,10,12-13H,9,11H2,1-2H3,(H,24,29). The Morgan fingerprint density at radius 3 is 2.77 bits per heavy atom. The number of hydrogen-bond acceptors (Lipinski definition) is 9. The molecule has 2 aromatic carbocycles. The number of aromatic nitrogens is 3. The number of para-hydroxylation sites is 2. The highest BCUT2D eigenvalue weighted by atomic mass is 32.2. The van der Waals surface area contributed by atoms with Gasteiger partial charge in [-0.25, -0.2) is 4.79 Å². The zero-order chi connectivity index (χ0) is 25.1. The summed E-state index contributed by atoms with van der Waals surface area (Å²) in [7, 11) is 1.70. The molecule has 0 spiro atoms. The fourth-order valence-electron chi connectivity index (χ4n) is 3.58. The van der Waals surface area contributed by atoms with Crippen LogP contribution < -0.4 is 10.2 Å². The molecule has 35 heavy (non-hydrogen) atoms. The molecule has 0 fully saturated rings. The van der Waals surface area contributed by atoms with E-state index in [0.29, 0.717) is 16.5 Å². The van der Waals surface area contributed by atoms with Gasteiger partial charge in [0.05, 0.1) is 26.8 Å². The average molecular weight is 497 g/mol. The van der Waals surface area contributed by atoms with Gasteiger partial charge in [-0.2, -0.15) is 0 Å². The highest BCUT2D eigenvalue weighted by Gasteiger charge is 2.30. The van der Waals surface area contributed by atoms with Gasteiger partial charge in [0.2, 0.25) is 5.91 Å². The highest BCUT2D eigenvalue weighted by molar-refractivity contribution is 7.99. The molecule has 0 saturated heterocycles. The third-order valence-corrected chi connectivity index (χ3v) is 6.33. The Balaban J connectivity index is 1.50. The Labute approximate surface area is 203 Å². The lowest BCUT2D eigenvalue weighted by Crippen LogP contribution is -2.41. The predicted octanol–water partition coefficient (Wildman–Crippen LogP) is 2.80. The topological polar surface area (TPSA) is 150 Å². The van der Waals surface area contributed by atoms with Crippen LogP contribution in [0.25, 0.3) is 0 Å². The van der Waals surface area contributed by atoms with Crippen LogP contribution in [0.15, 0.2) is 58.8 Å². The van der Waals surface area contributed by atoms with Crippen molar-refractivity contribution in [3.05, 3.63) is 64.5 Å². The van der Waals surface area contributed by atoms with Gasteiger partial charge in [-0.1, -0.05) is 12.1 Å². The number of carbonyl (C=O) groups is 3. The molecule has 1 N–H and O–H groups in total. The molecule has 1 aromatic heterocycles. The first-order chi connectivity index (χ1) is 16.7. The van der Waals surface area contributed by atoms with Crippen LogP contribution in [0.4, 0.5) is 17.1 Å². The second kappa shape index (κ2) is 9.93. The second-order valence-electron chi connectivity index (χ2n) is 7.72. The molecule has 2 amide bonds.